The number of benzene rings is 6. The molecule has 2 aliphatic heterocycles. The number of aliphatic imine (C=N–C) groups is 1. The Morgan fingerprint density at radius 1 is 0.518 bits per heavy atom. The molecule has 56 heavy (non-hydrogen) atoms. The molecule has 264 valence electrons. The lowest BCUT2D eigenvalue weighted by atomic mass is 9.91. The second kappa shape index (κ2) is 13.1. The molecule has 2 N–H and O–H groups in total. The molecule has 0 amide bonds. The van der Waals surface area contributed by atoms with Gasteiger partial charge in [0.1, 0.15) is 5.84 Å². The highest BCUT2D eigenvalue weighted by atomic mass is 15.1. The van der Waals surface area contributed by atoms with Crippen molar-refractivity contribution in [2.24, 2.45) is 4.99 Å². The summed E-state index contributed by atoms with van der Waals surface area (Å²) in [6, 6.07) is 55.3. The first-order valence-corrected chi connectivity index (χ1v) is 19.0. The predicted molar refractivity (Wildman–Crippen MR) is 230 cm³/mol. The van der Waals surface area contributed by atoms with Crippen LogP contribution in [0.3, 0.4) is 0 Å². The van der Waals surface area contributed by atoms with Gasteiger partial charge in [-0.1, -0.05) is 121 Å². The van der Waals surface area contributed by atoms with Crippen LogP contribution in [0.4, 0.5) is 11.4 Å². The average molecular weight is 719 g/mol. The van der Waals surface area contributed by atoms with E-state index in [1.165, 1.54) is 11.1 Å². The summed E-state index contributed by atoms with van der Waals surface area (Å²) in [5.41, 5.74) is 15.1. The van der Waals surface area contributed by atoms with E-state index in [0.717, 1.165) is 101 Å². The maximum Gasteiger partial charge on any atom is 0.134 e. The first-order valence-electron chi connectivity index (χ1n) is 19.0. The SMILES string of the molecule is C1=Cc2ccc3ccc(-c4cc(C5=Nc6ccc(-c7ccccc7)cc6C(c6ccccc6)N5)cc(-c5ccc6ccc7cccnc7c6n5)c4)nc3c2NC1. The molecule has 1 atom stereocenters. The second-order valence-electron chi connectivity index (χ2n) is 14.4. The molecule has 0 saturated carbocycles. The number of rotatable bonds is 5. The van der Waals surface area contributed by atoms with E-state index in [4.69, 9.17) is 19.9 Å². The van der Waals surface area contributed by atoms with Crippen molar-refractivity contribution in [1.29, 1.82) is 0 Å². The molecule has 2 aliphatic rings. The Kier molecular flexibility index (Phi) is 7.52. The molecule has 0 spiro atoms. The zero-order valence-corrected chi connectivity index (χ0v) is 30.3. The van der Waals surface area contributed by atoms with Crippen molar-refractivity contribution in [3.63, 3.8) is 0 Å². The molecule has 6 aromatic carbocycles. The Bertz CT molecular complexity index is 3060. The van der Waals surface area contributed by atoms with E-state index in [1.807, 2.05) is 12.3 Å². The van der Waals surface area contributed by atoms with Gasteiger partial charge < -0.3 is 10.6 Å². The number of anilines is 1. The summed E-state index contributed by atoms with van der Waals surface area (Å²) in [4.78, 5) is 20.7. The minimum atomic E-state index is -0.116. The maximum atomic E-state index is 5.33. The van der Waals surface area contributed by atoms with E-state index in [1.54, 1.807) is 0 Å². The number of nitrogens with one attached hydrogen (secondary N) is 2. The van der Waals surface area contributed by atoms with E-state index in [-0.39, 0.29) is 6.04 Å². The second-order valence-corrected chi connectivity index (χ2v) is 14.4. The Labute approximate surface area is 324 Å². The number of hydrogen-bond acceptors (Lipinski definition) is 6. The molecule has 0 bridgehead atoms. The predicted octanol–water partition coefficient (Wildman–Crippen LogP) is 11.5. The lowest BCUT2D eigenvalue weighted by molar-refractivity contribution is 0.750. The van der Waals surface area contributed by atoms with Crippen LogP contribution in [-0.4, -0.2) is 27.3 Å². The Morgan fingerprint density at radius 3 is 2.00 bits per heavy atom. The molecule has 0 fully saturated rings. The molecule has 11 rings (SSSR count). The monoisotopic (exact) mass is 718 g/mol. The van der Waals surface area contributed by atoms with E-state index < -0.39 is 0 Å². The molecule has 0 radical (unpaired) electrons. The Hall–Kier alpha value is -7.44. The molecule has 1 unspecified atom stereocenters. The molecule has 5 heterocycles. The van der Waals surface area contributed by atoms with Gasteiger partial charge in [-0.05, 0) is 70.8 Å². The van der Waals surface area contributed by atoms with Crippen LogP contribution in [0.15, 0.2) is 175 Å². The standard InChI is InChI=1S/C50H34N6/c1-3-9-31(10-4-1)37-21-24-44-41(30-37)45(32-11-5-2-6-12-32)56-50(55-44)40-28-38(42-22-19-35-17-15-33-13-7-25-51-46(33)48(35)53-42)27-39(29-40)43-23-20-36-18-16-34-14-8-26-52-47(34)49(36)54-43/h1-25,27-30,45,52H,26H2,(H,55,56). The number of aromatic nitrogens is 3. The highest BCUT2D eigenvalue weighted by molar-refractivity contribution is 6.06. The van der Waals surface area contributed by atoms with Gasteiger partial charge >= 0.3 is 0 Å². The van der Waals surface area contributed by atoms with Crippen molar-refractivity contribution in [1.82, 2.24) is 20.3 Å². The summed E-state index contributed by atoms with van der Waals surface area (Å²) in [5.74, 6) is 0.791. The number of hydrogen-bond donors (Lipinski definition) is 2. The number of nitrogens with zero attached hydrogens (tertiary/aromatic N) is 4. The zero-order valence-electron chi connectivity index (χ0n) is 30.3. The normalized spacial score (nSPS) is 14.5. The van der Waals surface area contributed by atoms with Crippen molar-refractivity contribution in [2.45, 2.75) is 6.04 Å². The van der Waals surface area contributed by atoms with Crippen molar-refractivity contribution in [3.8, 4) is 33.6 Å². The summed E-state index contributed by atoms with van der Waals surface area (Å²) in [6.07, 6.45) is 6.14. The van der Waals surface area contributed by atoms with E-state index in [9.17, 15) is 0 Å². The van der Waals surface area contributed by atoms with Crippen molar-refractivity contribution < 1.29 is 0 Å². The first-order chi connectivity index (χ1) is 27.7. The van der Waals surface area contributed by atoms with Crippen molar-refractivity contribution in [2.75, 3.05) is 11.9 Å². The van der Waals surface area contributed by atoms with Crippen molar-refractivity contribution in [3.05, 3.63) is 192 Å². The molecule has 6 heteroatoms. The number of amidine groups is 1. The van der Waals surface area contributed by atoms with Gasteiger partial charge in [0.05, 0.1) is 45.4 Å². The summed E-state index contributed by atoms with van der Waals surface area (Å²) in [7, 11) is 0. The molecular weight excluding hydrogens is 685 g/mol. The summed E-state index contributed by atoms with van der Waals surface area (Å²) < 4.78 is 0. The van der Waals surface area contributed by atoms with E-state index in [0.29, 0.717) is 0 Å². The molecule has 6 nitrogen and oxygen atoms in total. The fourth-order valence-electron chi connectivity index (χ4n) is 8.10. The Balaban J connectivity index is 1.11. The number of pyridine rings is 3. The van der Waals surface area contributed by atoms with E-state index in [2.05, 4.69) is 174 Å². The first kappa shape index (κ1) is 32.0. The molecular formula is C50H34N6. The smallest absolute Gasteiger partial charge is 0.134 e. The maximum absolute atomic E-state index is 5.33. The lowest BCUT2D eigenvalue weighted by Crippen LogP contribution is -2.33. The number of fused-ring (bicyclic) bond motifs is 7. The molecule has 0 saturated heterocycles. The van der Waals surface area contributed by atoms with Crippen LogP contribution in [0.25, 0.3) is 72.4 Å². The topological polar surface area (TPSA) is 75.1 Å². The molecule has 3 aromatic heterocycles. The average Bonchev–Trinajstić information content (AvgIpc) is 3.28. The van der Waals surface area contributed by atoms with Gasteiger partial charge in [0.25, 0.3) is 0 Å². The van der Waals surface area contributed by atoms with Gasteiger partial charge in [-0.15, -0.1) is 0 Å². The van der Waals surface area contributed by atoms with Gasteiger partial charge in [-0.2, -0.15) is 0 Å². The third kappa shape index (κ3) is 5.58. The van der Waals surface area contributed by atoms with Gasteiger partial charge in [-0.3, -0.25) is 4.98 Å². The van der Waals surface area contributed by atoms with Crippen LogP contribution in [0.1, 0.15) is 28.3 Å². The van der Waals surface area contributed by atoms with Crippen LogP contribution in [0, 0.1) is 0 Å². The fraction of sp³-hybridized carbons (Fsp3) is 0.0400. The third-order valence-electron chi connectivity index (χ3n) is 10.9. The summed E-state index contributed by atoms with van der Waals surface area (Å²) >= 11 is 0. The van der Waals surface area contributed by atoms with Gasteiger partial charge in [0, 0.05) is 51.2 Å². The van der Waals surface area contributed by atoms with Gasteiger partial charge in [0.15, 0.2) is 0 Å². The van der Waals surface area contributed by atoms with Gasteiger partial charge in [0.2, 0.25) is 0 Å². The van der Waals surface area contributed by atoms with Crippen LogP contribution in [0.5, 0.6) is 0 Å². The highest BCUT2D eigenvalue weighted by Crippen LogP contribution is 2.39. The minimum Gasteiger partial charge on any atom is -0.379 e. The molecule has 0 aliphatic carbocycles. The third-order valence-corrected chi connectivity index (χ3v) is 10.9. The van der Waals surface area contributed by atoms with Gasteiger partial charge in [-0.25, -0.2) is 15.0 Å². The van der Waals surface area contributed by atoms with Crippen LogP contribution in [0.2, 0.25) is 0 Å². The quantitative estimate of drug-likeness (QED) is 0.173. The minimum absolute atomic E-state index is 0.116. The largest absolute Gasteiger partial charge is 0.379 e. The van der Waals surface area contributed by atoms with Crippen LogP contribution < -0.4 is 10.6 Å². The van der Waals surface area contributed by atoms with Crippen molar-refractivity contribution >= 4 is 56.0 Å². The highest BCUT2D eigenvalue weighted by Gasteiger charge is 2.26. The van der Waals surface area contributed by atoms with E-state index >= 15 is 0 Å². The van der Waals surface area contributed by atoms with Crippen LogP contribution >= 0.6 is 0 Å². The summed E-state index contributed by atoms with van der Waals surface area (Å²) in [5, 5.41) is 10.7. The Morgan fingerprint density at radius 2 is 1.20 bits per heavy atom. The molecule has 9 aromatic rings. The fourth-order valence-corrected chi connectivity index (χ4v) is 8.10. The lowest BCUT2D eigenvalue weighted by Gasteiger charge is -2.28. The summed E-state index contributed by atoms with van der Waals surface area (Å²) in [6.45, 7) is 0.775. The van der Waals surface area contributed by atoms with Crippen LogP contribution in [-0.2, 0) is 0 Å². The zero-order chi connectivity index (χ0) is 37.0.